The Hall–Kier alpha value is -3.23. The van der Waals surface area contributed by atoms with Crippen molar-refractivity contribution in [3.8, 4) is 0 Å². The largest absolute Gasteiger partial charge is 0.481 e. The molecule has 0 spiro atoms. The van der Waals surface area contributed by atoms with Crippen molar-refractivity contribution in [3.63, 3.8) is 0 Å². The molecule has 4 aliphatic carbocycles. The Kier molecular flexibility index (Phi) is 17.3. The van der Waals surface area contributed by atoms with Crippen LogP contribution in [-0.2, 0) is 33.3 Å². The number of carboxylic acid groups (broad SMARTS) is 5. The molecule has 61 heavy (non-hydrogen) atoms. The van der Waals surface area contributed by atoms with Crippen LogP contribution in [0.25, 0.3) is 0 Å². The van der Waals surface area contributed by atoms with Gasteiger partial charge in [0.25, 0.3) is 0 Å². The van der Waals surface area contributed by atoms with E-state index in [2.05, 4.69) is 26.1 Å². The molecule has 0 radical (unpaired) electrons. The van der Waals surface area contributed by atoms with Gasteiger partial charge < -0.3 is 50.8 Å². The smallest absolute Gasteiger partial charge is 0.342 e. The van der Waals surface area contributed by atoms with Crippen molar-refractivity contribution in [3.05, 3.63) is 0 Å². The van der Waals surface area contributed by atoms with Crippen LogP contribution < -0.4 is 5.32 Å². The van der Waals surface area contributed by atoms with Gasteiger partial charge in [-0.05, 0) is 104 Å². The Bertz CT molecular complexity index is 1580. The lowest BCUT2D eigenvalue weighted by molar-refractivity contribution is -0.202. The molecule has 4 rings (SSSR count). The minimum Gasteiger partial charge on any atom is -0.481 e. The predicted octanol–water partition coefficient (Wildman–Crippen LogP) is 1.10. The van der Waals surface area contributed by atoms with Gasteiger partial charge >= 0.3 is 37.4 Å². The van der Waals surface area contributed by atoms with Gasteiger partial charge in [0.1, 0.15) is 5.78 Å². The molecule has 10 N–H and O–H groups in total. The predicted molar refractivity (Wildman–Crippen MR) is 216 cm³/mol. The number of hydrogen-bond acceptors (Lipinski definition) is 12. The Balaban J connectivity index is 1.44. The number of nitrogens with one attached hydrogen (secondary N) is 1. The van der Waals surface area contributed by atoms with Gasteiger partial charge in [0.05, 0.1) is 38.4 Å². The van der Waals surface area contributed by atoms with Crippen LogP contribution in [0.3, 0.4) is 0 Å². The molecule has 0 bridgehead atoms. The number of aliphatic carboxylic acids is 5. The van der Waals surface area contributed by atoms with Gasteiger partial charge in [-0.2, -0.15) is 0 Å². The van der Waals surface area contributed by atoms with Gasteiger partial charge in [0.2, 0.25) is 5.91 Å². The van der Waals surface area contributed by atoms with Crippen LogP contribution in [0.2, 0.25) is 0 Å². The summed E-state index contributed by atoms with van der Waals surface area (Å²) in [6.45, 7) is 2.39. The number of carbonyl (C=O) groups excluding carboxylic acids is 1. The fourth-order valence-electron chi connectivity index (χ4n) is 12.1. The maximum absolute atomic E-state index is 13.5. The van der Waals surface area contributed by atoms with E-state index in [-0.39, 0.29) is 86.0 Å². The number of aliphatic hydroxyl groups excluding tert-OH is 2. The van der Waals surface area contributed by atoms with Crippen LogP contribution >= 0.6 is 7.60 Å². The molecule has 21 heteroatoms. The van der Waals surface area contributed by atoms with Crippen molar-refractivity contribution in [2.75, 3.05) is 52.4 Å². The molecular weight excluding hydrogens is 823 g/mol. The highest BCUT2D eigenvalue weighted by molar-refractivity contribution is 7.52. The monoisotopic (exact) mass is 890 g/mol. The number of aliphatic hydroxyl groups is 2. The molecule has 0 aliphatic heterocycles. The standard InChI is InChI=1S/C40H67N4O16P/c1-23(4-9-33(48)49)26-5-6-27-38-28(18-30(46)40(26,27)3)39(2)11-10-25(16-24(39)17-29(38)45)41-31(47)7-8-32(61(58,59)60)44(14-12-42(19-34(50)51)20-35(52)53)15-13-43(21-36(54)55)22-37(56)57/h23-30,32,38,45-46H,4-22H2,1-3H3,(H,41,47)(H,48,49)(H,50,51)(H,52,53)(H,54,55)(H,56,57)(H2,58,59,60)/t23-,24+,25+,26-,27+,28+,29-,30+,32?,38+,39+,40-/m1/s1. The minimum absolute atomic E-state index is 0.0171. The Morgan fingerprint density at radius 1 is 0.705 bits per heavy atom. The van der Waals surface area contributed by atoms with Gasteiger partial charge in [0.15, 0.2) is 0 Å². The summed E-state index contributed by atoms with van der Waals surface area (Å²) in [4.78, 5) is 94.8. The summed E-state index contributed by atoms with van der Waals surface area (Å²) in [5.74, 6) is -8.01. The zero-order valence-corrected chi connectivity index (χ0v) is 36.3. The third kappa shape index (κ3) is 12.7. The molecule has 348 valence electrons. The third-order valence-corrected chi connectivity index (χ3v) is 16.4. The Morgan fingerprint density at radius 3 is 1.74 bits per heavy atom. The number of rotatable bonds is 24. The average molecular weight is 891 g/mol. The molecule has 12 atom stereocenters. The van der Waals surface area contributed by atoms with Crippen molar-refractivity contribution in [1.29, 1.82) is 0 Å². The van der Waals surface area contributed by atoms with E-state index in [1.54, 1.807) is 0 Å². The van der Waals surface area contributed by atoms with Crippen molar-refractivity contribution in [2.24, 2.45) is 46.3 Å². The van der Waals surface area contributed by atoms with Crippen molar-refractivity contribution in [2.45, 2.75) is 115 Å². The summed E-state index contributed by atoms with van der Waals surface area (Å²) < 4.78 is 13.0. The normalized spacial score (nSPS) is 32.1. The number of fused-ring (bicyclic) bond motifs is 5. The maximum Gasteiger partial charge on any atom is 0.342 e. The van der Waals surface area contributed by atoms with Gasteiger partial charge in [-0.15, -0.1) is 0 Å². The fraction of sp³-hybridized carbons (Fsp3) is 0.850. The number of hydrogen-bond donors (Lipinski definition) is 10. The molecule has 20 nitrogen and oxygen atoms in total. The second-order valence-electron chi connectivity index (χ2n) is 18.7. The van der Waals surface area contributed by atoms with E-state index in [9.17, 15) is 78.9 Å². The first-order valence-corrected chi connectivity index (χ1v) is 23.0. The summed E-state index contributed by atoms with van der Waals surface area (Å²) in [6.07, 6.45) is 3.25. The van der Waals surface area contributed by atoms with Gasteiger partial charge in [-0.25, -0.2) is 0 Å². The Labute approximate surface area is 355 Å². The second kappa shape index (κ2) is 21.0. The molecule has 4 fully saturated rings. The molecular formula is C40H67N4O16P. The molecule has 0 heterocycles. The first kappa shape index (κ1) is 50.4. The summed E-state index contributed by atoms with van der Waals surface area (Å²) >= 11 is 0. The topological polar surface area (TPSA) is 323 Å². The van der Waals surface area contributed by atoms with E-state index in [1.165, 1.54) is 4.90 Å². The molecule has 0 saturated heterocycles. The van der Waals surface area contributed by atoms with E-state index >= 15 is 0 Å². The molecule has 0 aromatic carbocycles. The van der Waals surface area contributed by atoms with Crippen LogP contribution in [0, 0.1) is 46.3 Å². The summed E-state index contributed by atoms with van der Waals surface area (Å²) in [5.41, 5.74) is -0.668. The third-order valence-electron chi connectivity index (χ3n) is 15.0. The van der Waals surface area contributed by atoms with Crippen LogP contribution in [-0.4, -0.2) is 172 Å². The highest BCUT2D eigenvalue weighted by Crippen LogP contribution is 2.68. The molecule has 0 aromatic heterocycles. The van der Waals surface area contributed by atoms with E-state index in [1.807, 2.05) is 0 Å². The van der Waals surface area contributed by atoms with E-state index in [0.29, 0.717) is 32.1 Å². The number of carbonyl (C=O) groups is 6. The van der Waals surface area contributed by atoms with Gasteiger partial charge in [-0.3, -0.25) is 48.0 Å². The summed E-state index contributed by atoms with van der Waals surface area (Å²) in [5, 5.41) is 73.2. The zero-order valence-electron chi connectivity index (χ0n) is 35.4. The second-order valence-corrected chi connectivity index (χ2v) is 20.5. The van der Waals surface area contributed by atoms with E-state index < -0.39 is 99.4 Å². The van der Waals surface area contributed by atoms with E-state index in [0.717, 1.165) is 29.1 Å². The molecule has 4 saturated carbocycles. The molecule has 4 aliphatic rings. The van der Waals surface area contributed by atoms with Crippen molar-refractivity contribution < 1.29 is 78.9 Å². The van der Waals surface area contributed by atoms with Crippen LogP contribution in [0.4, 0.5) is 0 Å². The Morgan fingerprint density at radius 2 is 1.25 bits per heavy atom. The number of nitrogens with zero attached hydrogens (tertiary/aromatic N) is 3. The highest BCUT2D eigenvalue weighted by Gasteiger charge is 2.65. The lowest BCUT2D eigenvalue weighted by atomic mass is 9.43. The summed E-state index contributed by atoms with van der Waals surface area (Å²) in [6, 6.07) is -0.301. The molecule has 0 aromatic rings. The quantitative estimate of drug-likeness (QED) is 0.0607. The number of carboxylic acids is 5. The lowest BCUT2D eigenvalue weighted by Gasteiger charge is -2.63. The maximum atomic E-state index is 13.5. The van der Waals surface area contributed by atoms with Gasteiger partial charge in [-0.1, -0.05) is 20.8 Å². The van der Waals surface area contributed by atoms with E-state index in [4.69, 9.17) is 0 Å². The van der Waals surface area contributed by atoms with Crippen LogP contribution in [0.15, 0.2) is 0 Å². The first-order chi connectivity index (χ1) is 28.4. The lowest BCUT2D eigenvalue weighted by Crippen LogP contribution is -2.63. The zero-order chi connectivity index (χ0) is 45.6. The highest BCUT2D eigenvalue weighted by atomic mass is 31.2. The van der Waals surface area contributed by atoms with Crippen LogP contribution in [0.5, 0.6) is 0 Å². The molecule has 1 unspecified atom stereocenters. The minimum atomic E-state index is -5.07. The fourth-order valence-corrected chi connectivity index (χ4v) is 13.2. The van der Waals surface area contributed by atoms with Gasteiger partial charge in [0, 0.05) is 45.1 Å². The number of amides is 1. The first-order valence-electron chi connectivity index (χ1n) is 21.3. The summed E-state index contributed by atoms with van der Waals surface area (Å²) in [7, 11) is -5.07. The van der Waals surface area contributed by atoms with Crippen LogP contribution in [0.1, 0.15) is 91.4 Å². The average Bonchev–Trinajstić information content (AvgIpc) is 3.49. The molecule has 1 amide bonds. The van der Waals surface area contributed by atoms with Crippen molar-refractivity contribution >= 4 is 43.3 Å². The van der Waals surface area contributed by atoms with Crippen molar-refractivity contribution in [1.82, 2.24) is 20.0 Å². The SMILES string of the molecule is C[C@H](CCC(=O)O)[C@H]1CC[C@H]2[C@@H]3[C@H](O)C[C@@H]4C[C@@H](NC(=O)CCC(N(CCN(CC(=O)O)CC(=O)O)CCN(CC(=O)O)CC(=O)O)P(=O)(O)O)CC[C@]4(C)[C@H]3C[C@H](O)[C@]12C.